The summed E-state index contributed by atoms with van der Waals surface area (Å²) in [7, 11) is 0. The zero-order chi connectivity index (χ0) is 24.3. The summed E-state index contributed by atoms with van der Waals surface area (Å²) < 4.78 is 34.9. The zero-order valence-electron chi connectivity index (χ0n) is 20.2. The van der Waals surface area contributed by atoms with Gasteiger partial charge in [-0.25, -0.2) is 13.8 Å². The number of rotatable bonds is 9. The number of anilines is 1. The van der Waals surface area contributed by atoms with Gasteiger partial charge in [-0.15, -0.1) is 0 Å². The fraction of sp³-hybridized carbons (Fsp3) is 0.600. The normalized spacial score (nSPS) is 19.3. The second-order valence-electron chi connectivity index (χ2n) is 8.94. The Labute approximate surface area is 200 Å². The molecule has 4 rings (SSSR count). The molecule has 7 nitrogen and oxygen atoms in total. The lowest BCUT2D eigenvalue weighted by Crippen LogP contribution is -2.39. The largest absolute Gasteiger partial charge is 0.377 e. The van der Waals surface area contributed by atoms with Crippen molar-refractivity contribution in [2.24, 2.45) is 0 Å². The molecule has 1 saturated heterocycles. The molecule has 2 aromatic rings. The number of amides is 1. The van der Waals surface area contributed by atoms with Crippen LogP contribution in [0.15, 0.2) is 24.7 Å². The van der Waals surface area contributed by atoms with Gasteiger partial charge in [0.2, 0.25) is 5.91 Å². The average Bonchev–Trinajstić information content (AvgIpc) is 3.48. The van der Waals surface area contributed by atoms with Crippen molar-refractivity contribution in [2.75, 3.05) is 31.6 Å². The van der Waals surface area contributed by atoms with Crippen molar-refractivity contribution >= 4 is 11.7 Å². The molecule has 1 amide bonds. The third kappa shape index (κ3) is 8.14. The molecule has 9 heteroatoms. The molecule has 1 fully saturated rings. The number of imidazole rings is 1. The third-order valence-corrected chi connectivity index (χ3v) is 5.86. The van der Waals surface area contributed by atoms with Crippen LogP contribution in [0.1, 0.15) is 50.7 Å². The molecule has 1 aromatic carbocycles. The van der Waals surface area contributed by atoms with E-state index in [1.807, 2.05) is 4.57 Å². The smallest absolute Gasteiger partial charge is 0.239 e. The number of carbonyl (C=O) groups is 1. The van der Waals surface area contributed by atoms with Crippen molar-refractivity contribution in [3.05, 3.63) is 47.4 Å². The Bertz CT molecular complexity index is 915. The van der Waals surface area contributed by atoms with E-state index in [2.05, 4.69) is 34.8 Å². The van der Waals surface area contributed by atoms with Gasteiger partial charge in [-0.05, 0) is 49.3 Å². The van der Waals surface area contributed by atoms with Crippen LogP contribution in [0, 0.1) is 11.6 Å². The highest BCUT2D eigenvalue weighted by Gasteiger charge is 2.22. The molecule has 2 heterocycles. The van der Waals surface area contributed by atoms with Crippen molar-refractivity contribution in [2.45, 2.75) is 71.1 Å². The molecule has 2 atom stereocenters. The summed E-state index contributed by atoms with van der Waals surface area (Å²) in [6.07, 6.45) is 9.08. The third-order valence-electron chi connectivity index (χ3n) is 5.86. The average molecular weight is 478 g/mol. The van der Waals surface area contributed by atoms with Crippen molar-refractivity contribution in [1.82, 2.24) is 20.2 Å². The summed E-state index contributed by atoms with van der Waals surface area (Å²) in [4.78, 5) is 16.5. The number of hydrogen-bond acceptors (Lipinski definition) is 5. The van der Waals surface area contributed by atoms with E-state index in [0.717, 1.165) is 57.1 Å². The quantitative estimate of drug-likeness (QED) is 0.482. The molecule has 34 heavy (non-hydrogen) atoms. The van der Waals surface area contributed by atoms with Gasteiger partial charge < -0.3 is 25.3 Å². The topological polar surface area (TPSA) is 80.2 Å². The number of aryl methyl sites for hydroxylation is 1. The summed E-state index contributed by atoms with van der Waals surface area (Å²) >= 11 is 0. The van der Waals surface area contributed by atoms with Crippen LogP contribution in [0.5, 0.6) is 0 Å². The maximum absolute atomic E-state index is 14.0. The van der Waals surface area contributed by atoms with Gasteiger partial charge in [-0.1, -0.05) is 20.3 Å². The minimum atomic E-state index is -0.542. The van der Waals surface area contributed by atoms with Gasteiger partial charge in [0.05, 0.1) is 19.0 Å². The highest BCUT2D eigenvalue weighted by molar-refractivity contribution is 5.91. The Kier molecular flexibility index (Phi) is 10.4. The molecule has 1 aliphatic carbocycles. The van der Waals surface area contributed by atoms with Gasteiger partial charge in [0, 0.05) is 44.5 Å². The summed E-state index contributed by atoms with van der Waals surface area (Å²) in [5, 5.41) is 9.33. The van der Waals surface area contributed by atoms with Crippen LogP contribution in [0.3, 0.4) is 0 Å². The molecule has 0 saturated carbocycles. The van der Waals surface area contributed by atoms with Crippen LogP contribution >= 0.6 is 0 Å². The number of fused-ring (bicyclic) bond motifs is 1. The van der Waals surface area contributed by atoms with Crippen LogP contribution in [-0.2, 0) is 28.9 Å². The standard InChI is InChI=1S/C22H29F2N5O2.C3H8/c23-16-8-15-3-4-17(10-19(15)20(24)9-16)26-12-22(30)28-21-13-29(14-27-21)6-5-25-11-18-2-1-7-31-18;1-3-2/h8-9,13-14,17-18,25-26H,1-7,10-12H2,(H,28,30);3H2,1-2H3/t17-,18+;/m0./s1. The molecular weight excluding hydrogens is 440 g/mol. The lowest BCUT2D eigenvalue weighted by Gasteiger charge is -2.25. The minimum absolute atomic E-state index is 0.0225. The van der Waals surface area contributed by atoms with E-state index in [1.54, 1.807) is 12.5 Å². The van der Waals surface area contributed by atoms with Crippen LogP contribution in [0.25, 0.3) is 0 Å². The maximum atomic E-state index is 14.0. The van der Waals surface area contributed by atoms with E-state index in [-0.39, 0.29) is 18.5 Å². The number of hydrogen-bond donors (Lipinski definition) is 3. The first-order chi connectivity index (χ1) is 16.5. The van der Waals surface area contributed by atoms with Crippen molar-refractivity contribution in [1.29, 1.82) is 0 Å². The monoisotopic (exact) mass is 477 g/mol. The second-order valence-corrected chi connectivity index (χ2v) is 8.94. The molecule has 1 aliphatic heterocycles. The summed E-state index contributed by atoms with van der Waals surface area (Å²) in [5.41, 5.74) is 1.26. The van der Waals surface area contributed by atoms with E-state index < -0.39 is 11.6 Å². The first-order valence-corrected chi connectivity index (χ1v) is 12.3. The molecule has 0 bridgehead atoms. The van der Waals surface area contributed by atoms with E-state index in [9.17, 15) is 13.6 Å². The van der Waals surface area contributed by atoms with Crippen molar-refractivity contribution in [3.8, 4) is 0 Å². The van der Waals surface area contributed by atoms with Crippen LogP contribution in [0.4, 0.5) is 14.6 Å². The lowest BCUT2D eigenvalue weighted by molar-refractivity contribution is -0.115. The van der Waals surface area contributed by atoms with Crippen molar-refractivity contribution < 1.29 is 18.3 Å². The van der Waals surface area contributed by atoms with Crippen LogP contribution < -0.4 is 16.0 Å². The first-order valence-electron chi connectivity index (χ1n) is 12.3. The Morgan fingerprint density at radius 3 is 2.85 bits per heavy atom. The second kappa shape index (κ2) is 13.5. The number of benzene rings is 1. The number of ether oxygens (including phenoxy) is 1. The van der Waals surface area contributed by atoms with Gasteiger partial charge in [-0.3, -0.25) is 4.79 Å². The van der Waals surface area contributed by atoms with Gasteiger partial charge in [0.1, 0.15) is 11.6 Å². The number of aromatic nitrogens is 2. The summed E-state index contributed by atoms with van der Waals surface area (Å²) in [5.74, 6) is -0.754. The minimum Gasteiger partial charge on any atom is -0.377 e. The van der Waals surface area contributed by atoms with Crippen molar-refractivity contribution in [3.63, 3.8) is 0 Å². The molecule has 0 radical (unpaired) electrons. The molecule has 1 aromatic heterocycles. The Balaban J connectivity index is 0.00000103. The number of nitrogens with one attached hydrogen (secondary N) is 3. The molecule has 188 valence electrons. The fourth-order valence-electron chi connectivity index (χ4n) is 4.21. The highest BCUT2D eigenvalue weighted by atomic mass is 19.1. The lowest BCUT2D eigenvalue weighted by atomic mass is 9.88. The number of carbonyl (C=O) groups excluding carboxylic acids is 1. The first kappa shape index (κ1) is 26.2. The fourth-order valence-corrected chi connectivity index (χ4v) is 4.21. The van der Waals surface area contributed by atoms with Crippen LogP contribution in [0.2, 0.25) is 0 Å². The van der Waals surface area contributed by atoms with Crippen LogP contribution in [-0.4, -0.2) is 53.8 Å². The highest BCUT2D eigenvalue weighted by Crippen LogP contribution is 2.25. The molecule has 3 N–H and O–H groups in total. The summed E-state index contributed by atoms with van der Waals surface area (Å²) in [6, 6.07) is 2.29. The molecular formula is C25H37F2N5O2. The SMILES string of the molecule is CCC.O=C(CN[C@H]1CCc2cc(F)cc(F)c2C1)Nc1cn(CCNC[C@H]2CCCO2)cn1. The Hall–Kier alpha value is -2.36. The van der Waals surface area contributed by atoms with E-state index in [0.29, 0.717) is 30.3 Å². The molecule has 2 aliphatic rings. The molecule has 0 spiro atoms. The predicted octanol–water partition coefficient (Wildman–Crippen LogP) is 3.43. The number of halogens is 2. The Morgan fingerprint density at radius 2 is 2.09 bits per heavy atom. The zero-order valence-corrected chi connectivity index (χ0v) is 20.2. The van der Waals surface area contributed by atoms with E-state index in [4.69, 9.17) is 4.74 Å². The Morgan fingerprint density at radius 1 is 1.26 bits per heavy atom. The summed E-state index contributed by atoms with van der Waals surface area (Å²) in [6.45, 7) is 7.63. The van der Waals surface area contributed by atoms with E-state index in [1.165, 1.54) is 12.5 Å². The van der Waals surface area contributed by atoms with Gasteiger partial charge in [-0.2, -0.15) is 0 Å². The predicted molar refractivity (Wildman–Crippen MR) is 129 cm³/mol. The maximum Gasteiger partial charge on any atom is 0.239 e. The number of nitrogens with zero attached hydrogens (tertiary/aromatic N) is 2. The van der Waals surface area contributed by atoms with Gasteiger partial charge >= 0.3 is 0 Å². The van der Waals surface area contributed by atoms with Gasteiger partial charge in [0.25, 0.3) is 0 Å². The van der Waals surface area contributed by atoms with E-state index >= 15 is 0 Å². The van der Waals surface area contributed by atoms with Gasteiger partial charge in [0.15, 0.2) is 5.82 Å². The molecule has 0 unspecified atom stereocenters.